The molecule has 1 aliphatic heterocycles. The molecule has 3 aromatic rings. The largest absolute Gasteiger partial charge is 0.497 e. The van der Waals surface area contributed by atoms with Crippen molar-refractivity contribution >= 4 is 35.1 Å². The highest BCUT2D eigenvalue weighted by atomic mass is 35.5. The van der Waals surface area contributed by atoms with Crippen LogP contribution in [-0.4, -0.2) is 28.6 Å². The summed E-state index contributed by atoms with van der Waals surface area (Å²) in [6, 6.07) is 15.4. The molecule has 1 aliphatic rings. The Morgan fingerprint density at radius 1 is 1.22 bits per heavy atom. The maximum absolute atomic E-state index is 12.4. The number of nitrogens with zero attached hydrogens (tertiary/aromatic N) is 2. The fraction of sp³-hybridized carbons (Fsp3) is 0.200. The van der Waals surface area contributed by atoms with Gasteiger partial charge in [-0.3, -0.25) is 4.79 Å². The van der Waals surface area contributed by atoms with Crippen molar-refractivity contribution in [2.45, 2.75) is 12.2 Å². The first-order valence-electron chi connectivity index (χ1n) is 8.48. The number of carbonyl (C=O) groups excluding carboxylic acids is 1. The molecule has 0 fully saturated rings. The molecule has 4 rings (SSSR count). The fourth-order valence-corrected chi connectivity index (χ4v) is 4.63. The van der Waals surface area contributed by atoms with Gasteiger partial charge in [-0.1, -0.05) is 35.9 Å². The number of anilines is 1. The van der Waals surface area contributed by atoms with Gasteiger partial charge in [-0.2, -0.15) is 5.10 Å². The molecule has 0 spiro atoms. The maximum atomic E-state index is 12.4. The van der Waals surface area contributed by atoms with E-state index in [-0.39, 0.29) is 11.2 Å². The number of aromatic nitrogens is 2. The van der Waals surface area contributed by atoms with Crippen LogP contribution in [0.3, 0.4) is 0 Å². The number of aryl methyl sites for hydroxylation is 1. The SMILES string of the molecule is COc1ccc([C@@H]2SCC(=O)Nc3c2c(C)nn3-c2ccccc2Cl)cc1. The summed E-state index contributed by atoms with van der Waals surface area (Å²) in [4.78, 5) is 12.4. The number of carbonyl (C=O) groups is 1. The van der Waals surface area contributed by atoms with Gasteiger partial charge in [-0.25, -0.2) is 4.68 Å². The zero-order valence-electron chi connectivity index (χ0n) is 14.9. The number of nitrogens with one attached hydrogen (secondary N) is 1. The molecule has 0 saturated carbocycles. The van der Waals surface area contributed by atoms with Crippen molar-refractivity contribution in [1.29, 1.82) is 0 Å². The number of methoxy groups -OCH3 is 1. The Morgan fingerprint density at radius 3 is 2.67 bits per heavy atom. The Morgan fingerprint density at radius 2 is 1.96 bits per heavy atom. The Labute approximate surface area is 166 Å². The first-order valence-corrected chi connectivity index (χ1v) is 9.91. The molecular weight excluding hydrogens is 382 g/mol. The molecule has 2 heterocycles. The van der Waals surface area contributed by atoms with Crippen molar-refractivity contribution < 1.29 is 9.53 Å². The highest BCUT2D eigenvalue weighted by Gasteiger charge is 2.30. The molecule has 1 atom stereocenters. The van der Waals surface area contributed by atoms with Crippen LogP contribution < -0.4 is 10.1 Å². The summed E-state index contributed by atoms with van der Waals surface area (Å²) in [7, 11) is 1.65. The highest BCUT2D eigenvalue weighted by molar-refractivity contribution is 8.00. The molecule has 1 N–H and O–H groups in total. The van der Waals surface area contributed by atoms with E-state index in [2.05, 4.69) is 10.4 Å². The third-order valence-corrected chi connectivity index (χ3v) is 6.10. The van der Waals surface area contributed by atoms with Crippen molar-refractivity contribution in [1.82, 2.24) is 9.78 Å². The Balaban J connectivity index is 1.87. The second kappa shape index (κ2) is 7.29. The van der Waals surface area contributed by atoms with Crippen molar-refractivity contribution in [2.75, 3.05) is 18.2 Å². The molecule has 27 heavy (non-hydrogen) atoms. The zero-order valence-corrected chi connectivity index (χ0v) is 16.5. The summed E-state index contributed by atoms with van der Waals surface area (Å²) in [6.07, 6.45) is 0. The lowest BCUT2D eigenvalue weighted by Gasteiger charge is -2.16. The van der Waals surface area contributed by atoms with E-state index >= 15 is 0 Å². The molecule has 1 amide bonds. The molecule has 0 bridgehead atoms. The lowest BCUT2D eigenvalue weighted by molar-refractivity contribution is -0.113. The summed E-state index contributed by atoms with van der Waals surface area (Å²) >= 11 is 7.97. The Kier molecular flexibility index (Phi) is 4.85. The minimum atomic E-state index is -0.0505. The predicted molar refractivity (Wildman–Crippen MR) is 109 cm³/mol. The molecule has 5 nitrogen and oxygen atoms in total. The van der Waals surface area contributed by atoms with E-state index in [1.165, 1.54) is 0 Å². The molecule has 0 radical (unpaired) electrons. The van der Waals surface area contributed by atoms with E-state index in [9.17, 15) is 4.79 Å². The highest BCUT2D eigenvalue weighted by Crippen LogP contribution is 2.44. The monoisotopic (exact) mass is 399 g/mol. The molecule has 0 unspecified atom stereocenters. The van der Waals surface area contributed by atoms with E-state index in [1.807, 2.05) is 55.5 Å². The topological polar surface area (TPSA) is 56.1 Å². The van der Waals surface area contributed by atoms with E-state index < -0.39 is 0 Å². The summed E-state index contributed by atoms with van der Waals surface area (Å²) in [6.45, 7) is 1.96. The zero-order chi connectivity index (χ0) is 19.0. The van der Waals surface area contributed by atoms with E-state index in [1.54, 1.807) is 23.6 Å². The van der Waals surface area contributed by atoms with Gasteiger partial charge >= 0.3 is 0 Å². The second-order valence-corrected chi connectivity index (χ2v) is 7.72. The van der Waals surface area contributed by atoms with Gasteiger partial charge in [0.05, 0.1) is 34.5 Å². The lowest BCUT2D eigenvalue weighted by Crippen LogP contribution is -2.16. The van der Waals surface area contributed by atoms with Crippen LogP contribution in [-0.2, 0) is 4.79 Å². The number of hydrogen-bond donors (Lipinski definition) is 1. The van der Waals surface area contributed by atoms with Gasteiger partial charge in [0.1, 0.15) is 11.6 Å². The van der Waals surface area contributed by atoms with Gasteiger partial charge in [-0.15, -0.1) is 11.8 Å². The van der Waals surface area contributed by atoms with Gasteiger partial charge in [0.25, 0.3) is 0 Å². The number of rotatable bonds is 3. The van der Waals surface area contributed by atoms with Crippen molar-refractivity contribution in [3.8, 4) is 11.4 Å². The normalized spacial score (nSPS) is 16.4. The smallest absolute Gasteiger partial charge is 0.235 e. The lowest BCUT2D eigenvalue weighted by atomic mass is 10.0. The minimum absolute atomic E-state index is 0.0129. The van der Waals surface area contributed by atoms with Gasteiger partial charge in [0.2, 0.25) is 5.91 Å². The van der Waals surface area contributed by atoms with Crippen LogP contribution >= 0.6 is 23.4 Å². The third kappa shape index (κ3) is 3.31. The predicted octanol–water partition coefficient (Wildman–Crippen LogP) is 4.62. The van der Waals surface area contributed by atoms with Crippen LogP contribution in [0.25, 0.3) is 5.69 Å². The third-order valence-electron chi connectivity index (χ3n) is 4.51. The number of ether oxygens (including phenoxy) is 1. The Bertz CT molecular complexity index is 1000. The van der Waals surface area contributed by atoms with Crippen LogP contribution in [0.2, 0.25) is 5.02 Å². The van der Waals surface area contributed by atoms with Crippen LogP contribution in [0.15, 0.2) is 48.5 Å². The number of para-hydroxylation sites is 1. The summed E-state index contributed by atoms with van der Waals surface area (Å²) in [5, 5.41) is 8.27. The van der Waals surface area contributed by atoms with E-state index in [0.717, 1.165) is 28.3 Å². The van der Waals surface area contributed by atoms with Crippen LogP contribution in [0, 0.1) is 6.92 Å². The number of halogens is 1. The first-order chi connectivity index (χ1) is 13.1. The molecule has 7 heteroatoms. The second-order valence-electron chi connectivity index (χ2n) is 6.22. The molecule has 0 aliphatic carbocycles. The standard InChI is InChI=1S/C20H18ClN3O2S/c1-12-18-19(13-7-9-14(26-2)10-8-13)27-11-17(25)22-20(18)24(23-12)16-6-4-3-5-15(16)21/h3-10,19H,11H2,1-2H3,(H,22,25)/t19-/m0/s1. The van der Waals surface area contributed by atoms with Gasteiger partial charge in [-0.05, 0) is 36.8 Å². The van der Waals surface area contributed by atoms with Crippen LogP contribution in [0.4, 0.5) is 5.82 Å². The number of fused-ring (bicyclic) bond motifs is 1. The fourth-order valence-electron chi connectivity index (χ4n) is 3.22. The van der Waals surface area contributed by atoms with Gasteiger partial charge in [0.15, 0.2) is 0 Å². The summed E-state index contributed by atoms with van der Waals surface area (Å²) in [5.74, 6) is 1.80. The average Bonchev–Trinajstić information content (AvgIpc) is 2.88. The van der Waals surface area contributed by atoms with Crippen molar-refractivity contribution in [3.05, 3.63) is 70.4 Å². The van der Waals surface area contributed by atoms with Gasteiger partial charge in [0, 0.05) is 5.56 Å². The van der Waals surface area contributed by atoms with Crippen molar-refractivity contribution in [3.63, 3.8) is 0 Å². The van der Waals surface area contributed by atoms with Gasteiger partial charge < -0.3 is 10.1 Å². The minimum Gasteiger partial charge on any atom is -0.497 e. The maximum Gasteiger partial charge on any atom is 0.235 e. The van der Waals surface area contributed by atoms with E-state index in [0.29, 0.717) is 16.6 Å². The number of benzene rings is 2. The molecular formula is C20H18ClN3O2S. The first kappa shape index (κ1) is 17.9. The molecule has 2 aromatic carbocycles. The average molecular weight is 400 g/mol. The summed E-state index contributed by atoms with van der Waals surface area (Å²) in [5.41, 5.74) is 3.70. The van der Waals surface area contributed by atoms with Crippen LogP contribution in [0.1, 0.15) is 22.1 Å². The van der Waals surface area contributed by atoms with Crippen LogP contribution in [0.5, 0.6) is 5.75 Å². The molecule has 138 valence electrons. The molecule has 1 aromatic heterocycles. The molecule has 0 saturated heterocycles. The Hall–Kier alpha value is -2.44. The summed E-state index contributed by atoms with van der Waals surface area (Å²) < 4.78 is 6.99. The number of hydrogen-bond acceptors (Lipinski definition) is 4. The van der Waals surface area contributed by atoms with E-state index in [4.69, 9.17) is 16.3 Å². The number of amides is 1. The van der Waals surface area contributed by atoms with Crippen molar-refractivity contribution in [2.24, 2.45) is 0 Å². The quantitative estimate of drug-likeness (QED) is 0.698. The number of thioether (sulfide) groups is 1.